The van der Waals surface area contributed by atoms with Crippen LogP contribution in [0.5, 0.6) is 0 Å². The first-order valence-electron chi connectivity index (χ1n) is 10.6. The van der Waals surface area contributed by atoms with E-state index in [2.05, 4.69) is 5.32 Å². The maximum Gasteiger partial charge on any atom is 0.223 e. The monoisotopic (exact) mass is 412 g/mol. The molecule has 4 saturated carbocycles. The van der Waals surface area contributed by atoms with Crippen molar-refractivity contribution in [2.75, 3.05) is 0 Å². The molecular formula is C23H29FN4O2. The molecule has 30 heavy (non-hydrogen) atoms. The number of nitrogens with zero attached hydrogens (tertiary/aromatic N) is 2. The number of rotatable bonds is 6. The zero-order valence-electron chi connectivity index (χ0n) is 17.5. The van der Waals surface area contributed by atoms with Crippen LogP contribution in [0.3, 0.4) is 0 Å². The van der Waals surface area contributed by atoms with Crippen LogP contribution in [0, 0.1) is 40.4 Å². The van der Waals surface area contributed by atoms with Crippen LogP contribution < -0.4 is 11.1 Å². The van der Waals surface area contributed by atoms with E-state index in [4.69, 9.17) is 15.5 Å². The second kappa shape index (κ2) is 7.66. The number of carbonyl (C=O) groups is 1. The molecule has 0 heterocycles. The Labute approximate surface area is 176 Å². The van der Waals surface area contributed by atoms with Crippen molar-refractivity contribution in [3.05, 3.63) is 35.6 Å². The Morgan fingerprint density at radius 2 is 1.93 bits per heavy atom. The van der Waals surface area contributed by atoms with E-state index in [9.17, 15) is 14.4 Å². The molecule has 6 nitrogen and oxygen atoms in total. The second-order valence-corrected chi connectivity index (χ2v) is 9.75. The molecule has 5 rings (SSSR count). The maximum atomic E-state index is 13.1. The number of halogens is 1. The van der Waals surface area contributed by atoms with Crippen molar-refractivity contribution >= 4 is 11.7 Å². The molecule has 0 aliphatic heterocycles. The lowest BCUT2D eigenvalue weighted by atomic mass is 9.48. The van der Waals surface area contributed by atoms with Gasteiger partial charge in [-0.3, -0.25) is 15.1 Å². The number of nitrogens with one attached hydrogen (secondary N) is 1. The average Bonchev–Trinajstić information content (AvgIpc) is 2.69. The molecule has 0 spiro atoms. The number of amides is 1. The Bertz CT molecular complexity index is 873. The zero-order chi connectivity index (χ0) is 21.5. The number of benzene rings is 1. The molecule has 0 saturated heterocycles. The van der Waals surface area contributed by atoms with E-state index in [0.717, 1.165) is 37.7 Å². The topological polar surface area (TPSA) is 100 Å². The number of nitriles is 1. The summed E-state index contributed by atoms with van der Waals surface area (Å²) in [6, 6.07) is 6.23. The van der Waals surface area contributed by atoms with Gasteiger partial charge in [-0.15, -0.1) is 0 Å². The van der Waals surface area contributed by atoms with Gasteiger partial charge in [-0.1, -0.05) is 12.1 Å². The number of hydrogen-bond acceptors (Lipinski definition) is 4. The largest absolute Gasteiger partial charge is 0.369 e. The maximum absolute atomic E-state index is 13.1. The van der Waals surface area contributed by atoms with E-state index in [1.807, 2.05) is 20.0 Å². The van der Waals surface area contributed by atoms with E-state index in [-0.39, 0.29) is 29.8 Å². The van der Waals surface area contributed by atoms with Gasteiger partial charge in [0.15, 0.2) is 6.19 Å². The van der Waals surface area contributed by atoms with Crippen molar-refractivity contribution in [2.24, 2.45) is 33.9 Å². The summed E-state index contributed by atoms with van der Waals surface area (Å²) in [5, 5.41) is 12.0. The normalized spacial score (nSPS) is 32.7. The molecule has 0 radical (unpaired) electrons. The van der Waals surface area contributed by atoms with Gasteiger partial charge in [-0.2, -0.15) is 5.26 Å². The molecule has 4 fully saturated rings. The van der Waals surface area contributed by atoms with Crippen LogP contribution in [0.25, 0.3) is 0 Å². The third kappa shape index (κ3) is 3.81. The molecule has 2 atom stereocenters. The Morgan fingerprint density at radius 3 is 2.50 bits per heavy atom. The number of ether oxygens (including phenoxy) is 1. The number of primary amides is 1. The first kappa shape index (κ1) is 20.8. The molecule has 1 amide bonds. The SMILES string of the molecule is CC(C)(OCc1ccc(F)cc1)C(=NC1C2CC3CC1CC(C(N)=O)(C3)C2)NC#N. The number of hydrogen-bond donors (Lipinski definition) is 2. The number of carbonyl (C=O) groups excluding carboxylic acids is 1. The molecular weight excluding hydrogens is 383 g/mol. The first-order valence-corrected chi connectivity index (χ1v) is 10.6. The van der Waals surface area contributed by atoms with Gasteiger partial charge >= 0.3 is 0 Å². The van der Waals surface area contributed by atoms with E-state index in [1.54, 1.807) is 12.1 Å². The molecule has 160 valence electrons. The van der Waals surface area contributed by atoms with Crippen LogP contribution in [0.1, 0.15) is 51.5 Å². The fourth-order valence-electron chi connectivity index (χ4n) is 5.96. The van der Waals surface area contributed by atoms with Crippen LogP contribution in [-0.4, -0.2) is 23.4 Å². The minimum absolute atomic E-state index is 0.0681. The van der Waals surface area contributed by atoms with E-state index < -0.39 is 5.60 Å². The van der Waals surface area contributed by atoms with Gasteiger partial charge < -0.3 is 10.5 Å². The highest BCUT2D eigenvalue weighted by atomic mass is 19.1. The van der Waals surface area contributed by atoms with Gasteiger partial charge in [-0.05, 0) is 81.4 Å². The summed E-state index contributed by atoms with van der Waals surface area (Å²) in [5.41, 5.74) is 5.45. The third-order valence-electron chi connectivity index (χ3n) is 7.28. The third-order valence-corrected chi connectivity index (χ3v) is 7.28. The Morgan fingerprint density at radius 1 is 1.30 bits per heavy atom. The standard InChI is InChI=1S/C23H29FN4O2/c1-22(2,30-12-14-3-5-18(24)6-4-14)21(27-13-25)28-19-16-7-15-8-17(19)11-23(9-15,10-16)20(26)29/h3-6,15-17,19H,7-12H2,1-2H3,(H2,26,29)(H,27,28). The van der Waals surface area contributed by atoms with Gasteiger partial charge in [0.2, 0.25) is 5.91 Å². The average molecular weight is 413 g/mol. The molecule has 0 aromatic heterocycles. The van der Waals surface area contributed by atoms with Crippen LogP contribution in [0.15, 0.2) is 29.3 Å². The summed E-state index contributed by atoms with van der Waals surface area (Å²) >= 11 is 0. The molecule has 1 aromatic rings. The quantitative estimate of drug-likeness (QED) is 0.324. The Balaban J connectivity index is 1.53. The van der Waals surface area contributed by atoms with Gasteiger partial charge in [0.1, 0.15) is 17.3 Å². The lowest BCUT2D eigenvalue weighted by molar-refractivity contribution is -0.144. The minimum Gasteiger partial charge on any atom is -0.369 e. The highest BCUT2D eigenvalue weighted by Gasteiger charge is 2.58. The minimum atomic E-state index is -0.819. The van der Waals surface area contributed by atoms with Gasteiger partial charge in [-0.25, -0.2) is 4.39 Å². The predicted molar refractivity (Wildman–Crippen MR) is 110 cm³/mol. The summed E-state index contributed by atoms with van der Waals surface area (Å²) in [6.07, 6.45) is 6.63. The van der Waals surface area contributed by atoms with Crippen molar-refractivity contribution in [3.8, 4) is 6.19 Å². The molecule has 2 unspecified atom stereocenters. The fraction of sp³-hybridized carbons (Fsp3) is 0.609. The van der Waals surface area contributed by atoms with Crippen LogP contribution in [0.4, 0.5) is 4.39 Å². The zero-order valence-corrected chi connectivity index (χ0v) is 17.5. The lowest BCUT2D eigenvalue weighted by Crippen LogP contribution is -2.58. The van der Waals surface area contributed by atoms with Crippen LogP contribution >= 0.6 is 0 Å². The van der Waals surface area contributed by atoms with Gasteiger partial charge in [0, 0.05) is 5.41 Å². The molecule has 1 aromatic carbocycles. The first-order chi connectivity index (χ1) is 14.2. The summed E-state index contributed by atoms with van der Waals surface area (Å²) in [7, 11) is 0. The van der Waals surface area contributed by atoms with Crippen molar-refractivity contribution in [1.82, 2.24) is 5.32 Å². The Hall–Kier alpha value is -2.46. The van der Waals surface area contributed by atoms with Crippen molar-refractivity contribution in [1.29, 1.82) is 5.26 Å². The van der Waals surface area contributed by atoms with E-state index >= 15 is 0 Å². The smallest absolute Gasteiger partial charge is 0.223 e. The van der Waals surface area contributed by atoms with Gasteiger partial charge in [0.25, 0.3) is 0 Å². The second-order valence-electron chi connectivity index (χ2n) is 9.75. The summed E-state index contributed by atoms with van der Waals surface area (Å²) in [6.45, 7) is 4.03. The molecule has 4 aliphatic carbocycles. The lowest BCUT2D eigenvalue weighted by Gasteiger charge is -2.57. The summed E-state index contributed by atoms with van der Waals surface area (Å²) in [4.78, 5) is 17.2. The highest BCUT2D eigenvalue weighted by Crippen LogP contribution is 2.60. The predicted octanol–water partition coefficient (Wildman–Crippen LogP) is 3.27. The molecule has 4 aliphatic rings. The van der Waals surface area contributed by atoms with Crippen LogP contribution in [0.2, 0.25) is 0 Å². The molecule has 4 bridgehead atoms. The molecule has 3 N–H and O–H groups in total. The van der Waals surface area contributed by atoms with Crippen molar-refractivity contribution in [2.45, 2.75) is 64.2 Å². The van der Waals surface area contributed by atoms with Crippen LogP contribution in [-0.2, 0) is 16.1 Å². The van der Waals surface area contributed by atoms with Crippen molar-refractivity contribution in [3.63, 3.8) is 0 Å². The van der Waals surface area contributed by atoms with E-state index in [0.29, 0.717) is 23.6 Å². The van der Waals surface area contributed by atoms with Gasteiger partial charge in [0.05, 0.1) is 12.6 Å². The van der Waals surface area contributed by atoms with Crippen molar-refractivity contribution < 1.29 is 13.9 Å². The number of aliphatic imine (C=N–C) groups is 1. The highest BCUT2D eigenvalue weighted by molar-refractivity contribution is 5.91. The number of nitrogens with two attached hydrogens (primary N) is 1. The number of amidine groups is 1. The summed E-state index contributed by atoms with van der Waals surface area (Å²) in [5.74, 6) is 1.22. The summed E-state index contributed by atoms with van der Waals surface area (Å²) < 4.78 is 19.2. The fourth-order valence-corrected chi connectivity index (χ4v) is 5.96. The van der Waals surface area contributed by atoms with E-state index in [1.165, 1.54) is 12.1 Å². The Kier molecular flexibility index (Phi) is 5.31. The molecule has 7 heteroatoms.